The molecule has 178 valence electrons. The minimum Gasteiger partial charge on any atom is -0.489 e. The molecule has 1 fully saturated rings. The van der Waals surface area contributed by atoms with E-state index in [1.54, 1.807) is 24.9 Å². The van der Waals surface area contributed by atoms with Crippen LogP contribution in [0.25, 0.3) is 55.7 Å². The second-order valence-corrected chi connectivity index (χ2v) is 8.98. The number of ether oxygens (including phenoxy) is 1. The summed E-state index contributed by atoms with van der Waals surface area (Å²) >= 11 is 0. The van der Waals surface area contributed by atoms with Crippen molar-refractivity contribution in [2.75, 3.05) is 13.1 Å². The van der Waals surface area contributed by atoms with Gasteiger partial charge in [0.2, 0.25) is 0 Å². The van der Waals surface area contributed by atoms with Crippen LogP contribution in [0.2, 0.25) is 0 Å². The van der Waals surface area contributed by atoms with E-state index in [1.807, 2.05) is 36.7 Å². The van der Waals surface area contributed by atoms with Crippen molar-refractivity contribution < 1.29 is 9.15 Å². The highest BCUT2D eigenvalue weighted by atomic mass is 16.5. The van der Waals surface area contributed by atoms with Gasteiger partial charge in [0.05, 0.1) is 47.5 Å². The van der Waals surface area contributed by atoms with Crippen LogP contribution in [0, 0.1) is 0 Å². The van der Waals surface area contributed by atoms with E-state index < -0.39 is 0 Å². The second kappa shape index (κ2) is 8.62. The smallest absolute Gasteiger partial charge is 0.138 e. The number of hydrogen-bond acceptors (Lipinski definition) is 7. The van der Waals surface area contributed by atoms with Crippen LogP contribution < -0.4 is 10.1 Å². The molecule has 1 aliphatic heterocycles. The Labute approximate surface area is 206 Å². The molecule has 7 rings (SSSR count). The molecule has 0 radical (unpaired) electrons. The Morgan fingerprint density at radius 1 is 0.889 bits per heavy atom. The van der Waals surface area contributed by atoms with E-state index in [1.165, 1.54) is 0 Å². The van der Waals surface area contributed by atoms with E-state index in [9.17, 15) is 0 Å². The van der Waals surface area contributed by atoms with Crippen molar-refractivity contribution in [1.82, 2.24) is 35.5 Å². The Hall–Kier alpha value is -4.50. The summed E-state index contributed by atoms with van der Waals surface area (Å²) in [7, 11) is 0. The van der Waals surface area contributed by atoms with Gasteiger partial charge in [0.25, 0.3) is 0 Å². The molecule has 0 atom stereocenters. The van der Waals surface area contributed by atoms with Crippen molar-refractivity contribution in [3.8, 4) is 39.7 Å². The molecule has 0 aromatic carbocycles. The van der Waals surface area contributed by atoms with Gasteiger partial charge in [0.1, 0.15) is 17.5 Å². The van der Waals surface area contributed by atoms with E-state index in [4.69, 9.17) is 9.15 Å². The molecule has 0 bridgehead atoms. The number of nitrogens with one attached hydrogen (secondary N) is 3. The molecule has 6 aromatic rings. The average molecular weight is 478 g/mol. The summed E-state index contributed by atoms with van der Waals surface area (Å²) in [4.78, 5) is 17.1. The maximum absolute atomic E-state index is 6.19. The first-order chi connectivity index (χ1) is 17.8. The Morgan fingerprint density at radius 2 is 1.81 bits per heavy atom. The molecule has 0 aliphatic carbocycles. The van der Waals surface area contributed by atoms with Gasteiger partial charge in [-0.25, -0.2) is 0 Å². The van der Waals surface area contributed by atoms with Gasteiger partial charge in [-0.3, -0.25) is 20.1 Å². The zero-order chi connectivity index (χ0) is 23.9. The predicted molar refractivity (Wildman–Crippen MR) is 136 cm³/mol. The van der Waals surface area contributed by atoms with Crippen LogP contribution >= 0.6 is 0 Å². The standard InChI is InChI=1S/C27H23N7O2/c1-5-28-6-2-18(1)36-19-9-17(12-29-13-19)23-10-21-25(14-31-23)33-34-27(21)24-11-20-22(32-24)3-7-30-26(20)16-4-8-35-15-16/h3-4,7-15,18,28,32H,1-2,5-6H2,(H,33,34). The molecule has 0 amide bonds. The minimum atomic E-state index is 0.211. The third kappa shape index (κ3) is 3.70. The number of aromatic amines is 2. The van der Waals surface area contributed by atoms with Gasteiger partial charge in [-0.15, -0.1) is 0 Å². The van der Waals surface area contributed by atoms with Crippen molar-refractivity contribution in [1.29, 1.82) is 0 Å². The van der Waals surface area contributed by atoms with Crippen LogP contribution in [-0.2, 0) is 0 Å². The lowest BCUT2D eigenvalue weighted by molar-refractivity contribution is 0.162. The molecule has 6 aromatic heterocycles. The van der Waals surface area contributed by atoms with Crippen LogP contribution in [0.15, 0.2) is 72.1 Å². The molecule has 36 heavy (non-hydrogen) atoms. The van der Waals surface area contributed by atoms with Crippen LogP contribution in [0.3, 0.4) is 0 Å². The van der Waals surface area contributed by atoms with Crippen LogP contribution in [0.1, 0.15) is 12.8 Å². The zero-order valence-electron chi connectivity index (χ0n) is 19.4. The minimum absolute atomic E-state index is 0.211. The summed E-state index contributed by atoms with van der Waals surface area (Å²) in [5.41, 5.74) is 7.06. The van der Waals surface area contributed by atoms with Gasteiger partial charge >= 0.3 is 0 Å². The van der Waals surface area contributed by atoms with E-state index >= 15 is 0 Å². The second-order valence-electron chi connectivity index (χ2n) is 8.98. The van der Waals surface area contributed by atoms with E-state index in [0.29, 0.717) is 0 Å². The summed E-state index contributed by atoms with van der Waals surface area (Å²) < 4.78 is 11.5. The normalized spacial score (nSPS) is 14.6. The van der Waals surface area contributed by atoms with Gasteiger partial charge in [0, 0.05) is 39.8 Å². The van der Waals surface area contributed by atoms with Gasteiger partial charge < -0.3 is 19.5 Å². The van der Waals surface area contributed by atoms with Crippen LogP contribution in [0.5, 0.6) is 5.75 Å². The van der Waals surface area contributed by atoms with Crippen molar-refractivity contribution in [3.63, 3.8) is 0 Å². The number of pyridine rings is 3. The molecular formula is C27H23N7O2. The fourth-order valence-electron chi connectivity index (χ4n) is 4.82. The topological polar surface area (TPSA) is 118 Å². The van der Waals surface area contributed by atoms with E-state index in [0.717, 1.165) is 87.4 Å². The number of fused-ring (bicyclic) bond motifs is 2. The fraction of sp³-hybridized carbons (Fsp3) is 0.185. The monoisotopic (exact) mass is 477 g/mol. The van der Waals surface area contributed by atoms with Gasteiger partial charge in [-0.2, -0.15) is 5.10 Å². The highest BCUT2D eigenvalue weighted by Crippen LogP contribution is 2.34. The molecule has 1 aliphatic rings. The lowest BCUT2D eigenvalue weighted by atomic mass is 10.1. The third-order valence-corrected chi connectivity index (χ3v) is 6.64. The number of aromatic nitrogens is 6. The van der Waals surface area contributed by atoms with Crippen LogP contribution in [0.4, 0.5) is 0 Å². The maximum Gasteiger partial charge on any atom is 0.138 e. The molecule has 9 nitrogen and oxygen atoms in total. The van der Waals surface area contributed by atoms with Crippen molar-refractivity contribution in [2.45, 2.75) is 18.9 Å². The van der Waals surface area contributed by atoms with Gasteiger partial charge in [-0.1, -0.05) is 0 Å². The Morgan fingerprint density at radius 3 is 2.69 bits per heavy atom. The highest BCUT2D eigenvalue weighted by molar-refractivity contribution is 6.00. The molecule has 7 heterocycles. The van der Waals surface area contributed by atoms with Crippen molar-refractivity contribution in [3.05, 3.63) is 67.6 Å². The molecule has 0 unspecified atom stereocenters. The number of rotatable bonds is 5. The molecule has 1 saturated heterocycles. The fourth-order valence-corrected chi connectivity index (χ4v) is 4.82. The predicted octanol–water partition coefficient (Wildman–Crippen LogP) is 4.95. The highest BCUT2D eigenvalue weighted by Gasteiger charge is 2.17. The van der Waals surface area contributed by atoms with E-state index in [-0.39, 0.29) is 6.10 Å². The Kier molecular flexibility index (Phi) is 4.99. The van der Waals surface area contributed by atoms with Crippen molar-refractivity contribution in [2.24, 2.45) is 0 Å². The quantitative estimate of drug-likeness (QED) is 0.321. The molecule has 3 N–H and O–H groups in total. The molecule has 0 spiro atoms. The maximum atomic E-state index is 6.19. The van der Waals surface area contributed by atoms with E-state index in [2.05, 4.69) is 41.5 Å². The summed E-state index contributed by atoms with van der Waals surface area (Å²) in [5, 5.41) is 13.0. The lowest BCUT2D eigenvalue weighted by Gasteiger charge is -2.23. The summed E-state index contributed by atoms with van der Waals surface area (Å²) in [5.74, 6) is 0.767. The number of nitrogens with zero attached hydrogens (tertiary/aromatic N) is 4. The number of furan rings is 1. The summed E-state index contributed by atoms with van der Waals surface area (Å²) in [6.45, 7) is 1.96. The number of piperidine rings is 1. The first-order valence-electron chi connectivity index (χ1n) is 12.0. The number of hydrogen-bond donors (Lipinski definition) is 3. The Bertz CT molecular complexity index is 1660. The summed E-state index contributed by atoms with van der Waals surface area (Å²) in [6, 6.07) is 10.0. The van der Waals surface area contributed by atoms with Gasteiger partial charge in [-0.05, 0) is 56.3 Å². The average Bonchev–Trinajstić information content (AvgIpc) is 3.68. The Balaban J connectivity index is 1.26. The third-order valence-electron chi connectivity index (χ3n) is 6.64. The summed E-state index contributed by atoms with van der Waals surface area (Å²) in [6.07, 6.45) is 12.7. The zero-order valence-corrected chi connectivity index (χ0v) is 19.4. The van der Waals surface area contributed by atoms with Crippen molar-refractivity contribution >= 4 is 21.8 Å². The van der Waals surface area contributed by atoms with Gasteiger partial charge in [0.15, 0.2) is 0 Å². The lowest BCUT2D eigenvalue weighted by Crippen LogP contribution is -2.34. The first kappa shape index (κ1) is 20.8. The largest absolute Gasteiger partial charge is 0.489 e. The molecular weight excluding hydrogens is 454 g/mol. The molecule has 0 saturated carbocycles. The van der Waals surface area contributed by atoms with Crippen LogP contribution in [-0.4, -0.2) is 49.3 Å². The number of H-pyrrole nitrogens is 2. The first-order valence-corrected chi connectivity index (χ1v) is 12.0. The SMILES string of the molecule is c1cc2[nH]c(-c3n[nH]c4cnc(-c5cncc(OC6CCNCC6)c5)cc34)cc2c(-c2ccoc2)n1. The molecule has 9 heteroatoms.